The number of hydrogen-bond donors (Lipinski definition) is 1. The molecule has 36 heavy (non-hydrogen) atoms. The first-order valence-corrected chi connectivity index (χ1v) is 11.6. The van der Waals surface area contributed by atoms with Crippen LogP contribution in [-0.4, -0.2) is 75.9 Å². The first-order chi connectivity index (χ1) is 17.4. The van der Waals surface area contributed by atoms with Gasteiger partial charge in [0.15, 0.2) is 0 Å². The van der Waals surface area contributed by atoms with Crippen LogP contribution in [0.1, 0.15) is 48.5 Å². The van der Waals surface area contributed by atoms with Crippen LogP contribution in [-0.2, 0) is 33.3 Å². The first kappa shape index (κ1) is 28.7. The van der Waals surface area contributed by atoms with Gasteiger partial charge in [-0.05, 0) is 31.4 Å². The molecule has 0 fully saturated rings. The summed E-state index contributed by atoms with van der Waals surface area (Å²) in [4.78, 5) is 36.7. The second-order valence-corrected chi connectivity index (χ2v) is 7.73. The minimum Gasteiger partial charge on any atom is -0.507 e. The van der Waals surface area contributed by atoms with Crippen molar-refractivity contribution < 1.29 is 47.9 Å². The van der Waals surface area contributed by atoms with Crippen LogP contribution >= 0.6 is 0 Å². The summed E-state index contributed by atoms with van der Waals surface area (Å²) in [6.07, 6.45) is 3.48. The summed E-state index contributed by atoms with van der Waals surface area (Å²) in [5.41, 5.74) is 0.252. The fraction of sp³-hybridized carbons (Fsp3) is 0.500. The van der Waals surface area contributed by atoms with Gasteiger partial charge in [-0.25, -0.2) is 4.79 Å². The van der Waals surface area contributed by atoms with E-state index < -0.39 is 18.0 Å². The molecule has 196 valence electrons. The molecule has 1 aromatic rings. The van der Waals surface area contributed by atoms with Crippen molar-refractivity contribution in [3.8, 4) is 23.3 Å². The van der Waals surface area contributed by atoms with Crippen LogP contribution in [0.25, 0.3) is 6.08 Å². The Kier molecular flexibility index (Phi) is 12.9. The number of fused-ring (bicyclic) bond motifs is 1. The number of carbonyl (C=O) groups excluding carboxylic acids is 3. The van der Waals surface area contributed by atoms with Crippen molar-refractivity contribution >= 4 is 24.0 Å². The third-order valence-corrected chi connectivity index (χ3v) is 4.90. The van der Waals surface area contributed by atoms with E-state index >= 15 is 0 Å². The molecular weight excluding hydrogens is 472 g/mol. The molecule has 0 amide bonds. The summed E-state index contributed by atoms with van der Waals surface area (Å²) in [6, 6.07) is 2.85. The monoisotopic (exact) mass is 504 g/mol. The van der Waals surface area contributed by atoms with Crippen LogP contribution in [0, 0.1) is 11.8 Å². The summed E-state index contributed by atoms with van der Waals surface area (Å²) < 4.78 is 31.4. The molecule has 10 heteroatoms. The lowest BCUT2D eigenvalue weighted by Crippen LogP contribution is -2.17. The fourth-order valence-electron chi connectivity index (χ4n) is 3.12. The van der Waals surface area contributed by atoms with Crippen molar-refractivity contribution in [2.24, 2.45) is 0 Å². The fourth-order valence-corrected chi connectivity index (χ4v) is 3.12. The van der Waals surface area contributed by atoms with Crippen molar-refractivity contribution in [1.82, 2.24) is 0 Å². The lowest BCUT2D eigenvalue weighted by molar-refractivity contribution is -0.145. The van der Waals surface area contributed by atoms with Gasteiger partial charge >= 0.3 is 17.9 Å². The highest BCUT2D eigenvalue weighted by Gasteiger charge is 2.21. The highest BCUT2D eigenvalue weighted by Crippen LogP contribution is 2.30. The molecular formula is C26H32O10. The molecule has 1 aliphatic rings. The maximum atomic E-state index is 12.8. The molecule has 2 rings (SSSR count). The highest BCUT2D eigenvalue weighted by molar-refractivity contribution is 5.97. The molecule has 1 atom stereocenters. The third kappa shape index (κ3) is 10.8. The molecule has 1 N–H and O–H groups in total. The van der Waals surface area contributed by atoms with Crippen LogP contribution in [0.2, 0.25) is 0 Å². The quantitative estimate of drug-likeness (QED) is 0.346. The number of carbonyl (C=O) groups is 3. The number of rotatable bonds is 1. The van der Waals surface area contributed by atoms with E-state index in [9.17, 15) is 19.5 Å². The zero-order valence-corrected chi connectivity index (χ0v) is 20.6. The topological polar surface area (TPSA) is 127 Å². The average Bonchev–Trinajstić information content (AvgIpc) is 2.83. The number of methoxy groups -OCH3 is 1. The minimum absolute atomic E-state index is 0.0594. The van der Waals surface area contributed by atoms with Crippen molar-refractivity contribution in [1.29, 1.82) is 0 Å². The van der Waals surface area contributed by atoms with Gasteiger partial charge in [0.2, 0.25) is 0 Å². The summed E-state index contributed by atoms with van der Waals surface area (Å²) in [5, 5.41) is 10.4. The van der Waals surface area contributed by atoms with Gasteiger partial charge in [0.1, 0.15) is 43.5 Å². The maximum Gasteiger partial charge on any atom is 0.342 e. The Hall–Kier alpha value is -3.55. The predicted molar refractivity (Wildman–Crippen MR) is 128 cm³/mol. The SMILES string of the molecule is COc1cc(O)c2c(c1)/C=C/CC(=O)OCCOCC#CCOCCOC(=O)CCC[C@H](C)OC2=O. The molecule has 10 nitrogen and oxygen atoms in total. The van der Waals surface area contributed by atoms with E-state index in [0.29, 0.717) is 24.2 Å². The molecule has 1 aromatic carbocycles. The Balaban J connectivity index is 2.10. The maximum absolute atomic E-state index is 12.8. The summed E-state index contributed by atoms with van der Waals surface area (Å²) >= 11 is 0. The molecule has 0 aromatic heterocycles. The van der Waals surface area contributed by atoms with Gasteiger partial charge in [-0.3, -0.25) is 9.59 Å². The number of ether oxygens (including phenoxy) is 6. The summed E-state index contributed by atoms with van der Waals surface area (Å²) in [5.74, 6) is 3.94. The van der Waals surface area contributed by atoms with E-state index in [-0.39, 0.29) is 69.8 Å². The van der Waals surface area contributed by atoms with Crippen LogP contribution in [0.3, 0.4) is 0 Å². The molecule has 0 spiro atoms. The highest BCUT2D eigenvalue weighted by atomic mass is 16.6. The second kappa shape index (κ2) is 16.2. The van der Waals surface area contributed by atoms with Crippen molar-refractivity contribution in [2.75, 3.05) is 46.8 Å². The predicted octanol–water partition coefficient (Wildman–Crippen LogP) is 2.66. The van der Waals surface area contributed by atoms with Crippen LogP contribution < -0.4 is 4.74 Å². The van der Waals surface area contributed by atoms with Crippen molar-refractivity contribution in [3.05, 3.63) is 29.3 Å². The van der Waals surface area contributed by atoms with Crippen molar-refractivity contribution in [2.45, 2.75) is 38.7 Å². The number of phenolic OH excluding ortho intramolecular Hbond substituents is 1. The van der Waals surface area contributed by atoms with Gasteiger partial charge in [0.05, 0.1) is 32.8 Å². The number of hydrogen-bond acceptors (Lipinski definition) is 10. The van der Waals surface area contributed by atoms with Crippen molar-refractivity contribution in [3.63, 3.8) is 0 Å². The second-order valence-electron chi connectivity index (χ2n) is 7.73. The van der Waals surface area contributed by atoms with E-state index in [1.165, 1.54) is 25.3 Å². The Morgan fingerprint density at radius 2 is 1.64 bits per heavy atom. The number of phenols is 1. The van der Waals surface area contributed by atoms with Gasteiger partial charge in [-0.2, -0.15) is 0 Å². The molecule has 1 aliphatic heterocycles. The van der Waals surface area contributed by atoms with Gasteiger partial charge in [0, 0.05) is 12.5 Å². The molecule has 0 bridgehead atoms. The minimum atomic E-state index is -0.741. The molecule has 0 unspecified atom stereocenters. The van der Waals surface area contributed by atoms with Gasteiger partial charge < -0.3 is 33.5 Å². The van der Waals surface area contributed by atoms with E-state index in [4.69, 9.17) is 28.4 Å². The number of cyclic esters (lactones) is 3. The van der Waals surface area contributed by atoms with E-state index in [1.807, 2.05) is 0 Å². The molecule has 0 radical (unpaired) electrons. The number of benzene rings is 1. The molecule has 1 heterocycles. The third-order valence-electron chi connectivity index (χ3n) is 4.90. The summed E-state index contributed by atoms with van der Waals surface area (Å²) in [7, 11) is 1.43. The molecule has 0 saturated carbocycles. The standard InChI is InChI=1S/C26H32O10/c1-19-7-5-9-23(28)34-15-13-32-11-3-4-12-33-14-16-35-24(29)10-6-8-20-17-21(31-2)18-22(27)25(20)26(30)36-19/h6,8,17-19,27H,5,7,9-16H2,1-2H3/b8-6+/t19-/m0/s1. The van der Waals surface area contributed by atoms with Gasteiger partial charge in [0.25, 0.3) is 0 Å². The lowest BCUT2D eigenvalue weighted by atomic mass is 10.0. The largest absolute Gasteiger partial charge is 0.507 e. The van der Waals surface area contributed by atoms with Gasteiger partial charge in [-0.1, -0.05) is 24.0 Å². The average molecular weight is 505 g/mol. The molecule has 0 aliphatic carbocycles. The number of esters is 3. The smallest absolute Gasteiger partial charge is 0.342 e. The Morgan fingerprint density at radius 3 is 2.31 bits per heavy atom. The van der Waals surface area contributed by atoms with Crippen LogP contribution in [0.15, 0.2) is 18.2 Å². The van der Waals surface area contributed by atoms with Crippen LogP contribution in [0.5, 0.6) is 11.5 Å². The van der Waals surface area contributed by atoms with Gasteiger partial charge in [-0.15, -0.1) is 0 Å². The van der Waals surface area contributed by atoms with E-state index in [1.54, 1.807) is 13.0 Å². The first-order valence-electron chi connectivity index (χ1n) is 11.6. The molecule has 0 saturated heterocycles. The zero-order chi connectivity index (χ0) is 26.2. The van der Waals surface area contributed by atoms with Crippen LogP contribution in [0.4, 0.5) is 0 Å². The van der Waals surface area contributed by atoms with E-state index in [2.05, 4.69) is 11.8 Å². The lowest BCUT2D eigenvalue weighted by Gasteiger charge is -2.16. The Bertz CT molecular complexity index is 973. The zero-order valence-electron chi connectivity index (χ0n) is 20.6. The Morgan fingerprint density at radius 1 is 0.972 bits per heavy atom. The Labute approximate surface area is 210 Å². The van der Waals surface area contributed by atoms with E-state index in [0.717, 1.165) is 0 Å². The summed E-state index contributed by atoms with van der Waals surface area (Å²) in [6.45, 7) is 2.60. The number of aromatic hydroxyl groups is 1. The normalized spacial score (nSPS) is 20.6.